The topological polar surface area (TPSA) is 90.3 Å². The molecule has 0 aliphatic heterocycles. The van der Waals surface area contributed by atoms with Crippen LogP contribution in [0.25, 0.3) is 0 Å². The predicted octanol–water partition coefficient (Wildman–Crippen LogP) is -3.09. The van der Waals surface area contributed by atoms with Crippen molar-refractivity contribution in [1.29, 1.82) is 0 Å². The largest absolute Gasteiger partial charge is 1.00 e. The number of pyridine rings is 1. The van der Waals surface area contributed by atoms with Gasteiger partial charge in [-0.3, -0.25) is 0 Å². The number of rotatable bonds is 2. The molecule has 1 rings (SSSR count). The quantitative estimate of drug-likeness (QED) is 0.563. The minimum atomic E-state index is -1.50. The molecule has 0 saturated carbocycles. The first kappa shape index (κ1) is 13.2. The third-order valence-electron chi connectivity index (χ3n) is 1.26. The van der Waals surface area contributed by atoms with Gasteiger partial charge in [0.2, 0.25) is 0 Å². The number of aromatic nitrogens is 1. The van der Waals surface area contributed by atoms with E-state index in [1.54, 1.807) is 0 Å². The first-order valence-electron chi connectivity index (χ1n) is 3.13. The van der Waals surface area contributed by atoms with Crippen LogP contribution in [0.5, 0.6) is 0 Å². The Labute approximate surface area is 99.5 Å². The molecule has 14 heavy (non-hydrogen) atoms. The number of hydrogen-bond acceptors (Lipinski definition) is 4. The van der Waals surface area contributed by atoms with Gasteiger partial charge in [-0.25, -0.2) is 9.78 Å². The Morgan fingerprint density at radius 3 is 2.43 bits per heavy atom. The molecule has 0 bridgehead atoms. The van der Waals surface area contributed by atoms with Gasteiger partial charge in [0.1, 0.15) is 0 Å². The van der Waals surface area contributed by atoms with E-state index in [4.69, 9.17) is 5.11 Å². The number of hydrogen-bond donors (Lipinski definition) is 1. The molecule has 1 aromatic heterocycles. The molecular formula is C7H3BrLiNO4. The zero-order valence-corrected chi connectivity index (χ0v) is 8.74. The summed E-state index contributed by atoms with van der Waals surface area (Å²) < 4.78 is 0.227. The molecule has 1 heterocycles. The average molecular weight is 252 g/mol. The predicted molar refractivity (Wildman–Crippen MR) is 43.2 cm³/mol. The van der Waals surface area contributed by atoms with Crippen LogP contribution in [0.4, 0.5) is 0 Å². The van der Waals surface area contributed by atoms with Gasteiger partial charge in [0.15, 0.2) is 5.69 Å². The molecular weight excluding hydrogens is 249 g/mol. The summed E-state index contributed by atoms with van der Waals surface area (Å²) in [6.45, 7) is 0. The molecule has 7 heteroatoms. The number of carboxylic acids is 2. The summed E-state index contributed by atoms with van der Waals surface area (Å²) in [4.78, 5) is 24.2. The third kappa shape index (κ3) is 2.84. The molecule has 5 nitrogen and oxygen atoms in total. The summed E-state index contributed by atoms with van der Waals surface area (Å²) in [6.07, 6.45) is 0. The zero-order chi connectivity index (χ0) is 10.0. The summed E-state index contributed by atoms with van der Waals surface area (Å²) >= 11 is 2.92. The van der Waals surface area contributed by atoms with Crippen molar-refractivity contribution in [3.8, 4) is 0 Å². The number of aromatic carboxylic acids is 2. The first-order chi connectivity index (χ1) is 6.02. The van der Waals surface area contributed by atoms with Crippen molar-refractivity contribution in [1.82, 2.24) is 4.98 Å². The maximum Gasteiger partial charge on any atom is 1.00 e. The van der Waals surface area contributed by atoms with Gasteiger partial charge in [0, 0.05) is 0 Å². The van der Waals surface area contributed by atoms with E-state index in [0.29, 0.717) is 0 Å². The number of carbonyl (C=O) groups is 2. The molecule has 0 radical (unpaired) electrons. The van der Waals surface area contributed by atoms with Crippen LogP contribution < -0.4 is 24.0 Å². The van der Waals surface area contributed by atoms with Gasteiger partial charge in [-0.15, -0.1) is 0 Å². The fourth-order valence-electron chi connectivity index (χ4n) is 0.706. The second-order valence-electron chi connectivity index (χ2n) is 2.12. The summed E-state index contributed by atoms with van der Waals surface area (Å²) in [5.41, 5.74) is -0.748. The summed E-state index contributed by atoms with van der Waals surface area (Å²) in [7, 11) is 0. The molecule has 68 valence electrons. The van der Waals surface area contributed by atoms with Gasteiger partial charge < -0.3 is 15.0 Å². The Hall–Kier alpha value is -0.833. The van der Waals surface area contributed by atoms with Crippen LogP contribution in [0.1, 0.15) is 21.0 Å². The van der Waals surface area contributed by atoms with E-state index < -0.39 is 17.6 Å². The van der Waals surface area contributed by atoms with Crippen LogP contribution >= 0.6 is 15.9 Å². The molecule has 0 atom stereocenters. The van der Waals surface area contributed by atoms with Gasteiger partial charge in [-0.05, 0) is 28.1 Å². The minimum absolute atomic E-state index is 0. The van der Waals surface area contributed by atoms with Crippen molar-refractivity contribution in [3.63, 3.8) is 0 Å². The summed E-state index contributed by atoms with van der Waals surface area (Å²) in [5.74, 6) is -2.80. The van der Waals surface area contributed by atoms with Gasteiger partial charge in [-0.2, -0.15) is 0 Å². The van der Waals surface area contributed by atoms with Crippen LogP contribution in [0.3, 0.4) is 0 Å². The van der Waals surface area contributed by atoms with Crippen molar-refractivity contribution in [2.45, 2.75) is 0 Å². The Morgan fingerprint density at radius 2 is 2.00 bits per heavy atom. The Morgan fingerprint density at radius 1 is 1.43 bits per heavy atom. The second kappa shape index (κ2) is 5.15. The molecule has 0 saturated heterocycles. The van der Waals surface area contributed by atoms with Crippen LogP contribution in [0, 0.1) is 0 Å². The Kier molecular flexibility index (Phi) is 4.84. The molecule has 1 N–H and O–H groups in total. The molecule has 0 aromatic carbocycles. The van der Waals surface area contributed by atoms with Crippen molar-refractivity contribution >= 4 is 27.9 Å². The number of carbonyl (C=O) groups excluding carboxylic acids is 1. The molecule has 0 spiro atoms. The number of carboxylic acid groups (broad SMARTS) is 2. The second-order valence-corrected chi connectivity index (χ2v) is 2.97. The Bertz CT molecular complexity index is 382. The zero-order valence-electron chi connectivity index (χ0n) is 7.15. The van der Waals surface area contributed by atoms with Crippen LogP contribution in [-0.4, -0.2) is 22.0 Å². The maximum atomic E-state index is 10.5. The average Bonchev–Trinajstić information content (AvgIpc) is 2.04. The van der Waals surface area contributed by atoms with E-state index in [1.165, 1.54) is 6.07 Å². The van der Waals surface area contributed by atoms with Crippen LogP contribution in [0.2, 0.25) is 0 Å². The van der Waals surface area contributed by atoms with Gasteiger partial charge >= 0.3 is 24.8 Å². The number of nitrogens with zero attached hydrogens (tertiary/aromatic N) is 1. The van der Waals surface area contributed by atoms with E-state index in [9.17, 15) is 14.7 Å². The normalized spacial score (nSPS) is 8.93. The maximum absolute atomic E-state index is 10.5. The summed E-state index contributed by atoms with van der Waals surface area (Å²) in [5, 5.41) is 18.9. The molecule has 0 unspecified atom stereocenters. The van der Waals surface area contributed by atoms with Crippen molar-refractivity contribution in [2.24, 2.45) is 0 Å². The molecule has 0 amide bonds. The fourth-order valence-corrected chi connectivity index (χ4v) is 1.10. The SMILES string of the molecule is O=C([O-])c1ccc(Br)c(C(=O)O)n1.[Li+]. The van der Waals surface area contributed by atoms with Crippen LogP contribution in [-0.2, 0) is 0 Å². The first-order valence-corrected chi connectivity index (χ1v) is 3.93. The summed E-state index contributed by atoms with van der Waals surface area (Å²) in [6, 6.07) is 2.45. The van der Waals surface area contributed by atoms with Crippen molar-refractivity contribution < 1.29 is 38.7 Å². The molecule has 0 aliphatic rings. The van der Waals surface area contributed by atoms with Crippen LogP contribution in [0.15, 0.2) is 16.6 Å². The van der Waals surface area contributed by atoms with Gasteiger partial charge in [0.05, 0.1) is 16.1 Å². The number of halogens is 1. The minimum Gasteiger partial charge on any atom is -0.543 e. The monoisotopic (exact) mass is 251 g/mol. The fraction of sp³-hybridized carbons (Fsp3) is 0. The van der Waals surface area contributed by atoms with Gasteiger partial charge in [0.25, 0.3) is 0 Å². The van der Waals surface area contributed by atoms with Crippen molar-refractivity contribution in [3.05, 3.63) is 28.0 Å². The standard InChI is InChI=1S/C7H4BrNO4.Li/c8-3-1-2-4(6(10)11)9-5(3)7(12)13;/h1-2H,(H,10,11)(H,12,13);/q;+1/p-1. The van der Waals surface area contributed by atoms with E-state index in [1.807, 2.05) is 0 Å². The van der Waals surface area contributed by atoms with E-state index in [2.05, 4.69) is 20.9 Å². The molecule has 0 fully saturated rings. The molecule has 0 aliphatic carbocycles. The third-order valence-corrected chi connectivity index (χ3v) is 1.90. The van der Waals surface area contributed by atoms with Gasteiger partial charge in [-0.1, -0.05) is 0 Å². The van der Waals surface area contributed by atoms with Crippen molar-refractivity contribution in [2.75, 3.05) is 0 Å². The smallest absolute Gasteiger partial charge is 0.543 e. The van der Waals surface area contributed by atoms with E-state index >= 15 is 0 Å². The molecule has 1 aromatic rings. The van der Waals surface area contributed by atoms with E-state index in [0.717, 1.165) is 6.07 Å². The Balaban J connectivity index is 0.00000169. The van der Waals surface area contributed by atoms with E-state index in [-0.39, 0.29) is 29.0 Å².